The summed E-state index contributed by atoms with van der Waals surface area (Å²) in [6, 6.07) is 8.80. The van der Waals surface area contributed by atoms with Crippen molar-refractivity contribution < 1.29 is 17.9 Å². The van der Waals surface area contributed by atoms with E-state index >= 15 is 0 Å². The van der Waals surface area contributed by atoms with Crippen molar-refractivity contribution in [2.24, 2.45) is 5.41 Å². The van der Waals surface area contributed by atoms with Crippen molar-refractivity contribution >= 4 is 50.5 Å². The predicted molar refractivity (Wildman–Crippen MR) is 102 cm³/mol. The van der Waals surface area contributed by atoms with Crippen molar-refractivity contribution in [3.05, 3.63) is 46.4 Å². The number of hydrogen-bond acceptors (Lipinski definition) is 4. The Kier molecular flexibility index (Phi) is 4.81. The van der Waals surface area contributed by atoms with Crippen LogP contribution in [-0.4, -0.2) is 20.9 Å². The molecule has 1 aliphatic rings. The second kappa shape index (κ2) is 6.64. The Morgan fingerprint density at radius 2 is 1.88 bits per heavy atom. The highest BCUT2D eigenvalue weighted by Gasteiger charge is 2.32. The van der Waals surface area contributed by atoms with Crippen molar-refractivity contribution in [2.45, 2.75) is 18.7 Å². The van der Waals surface area contributed by atoms with Gasteiger partial charge in [-0.25, -0.2) is 8.42 Å². The minimum Gasteiger partial charge on any atom is -0.490 e. The largest absolute Gasteiger partial charge is 0.490 e. The van der Waals surface area contributed by atoms with Crippen LogP contribution in [0.2, 0.25) is 10.0 Å². The number of anilines is 2. The first-order chi connectivity index (χ1) is 12.1. The van der Waals surface area contributed by atoms with E-state index in [0.29, 0.717) is 11.4 Å². The lowest BCUT2D eigenvalue weighted by Crippen LogP contribution is -2.33. The molecule has 0 aliphatic carbocycles. The predicted octanol–water partition coefficient (Wildman–Crippen LogP) is 4.15. The molecule has 0 saturated carbocycles. The van der Waals surface area contributed by atoms with Gasteiger partial charge in [-0.1, -0.05) is 23.2 Å². The van der Waals surface area contributed by atoms with E-state index in [1.54, 1.807) is 19.9 Å². The van der Waals surface area contributed by atoms with Gasteiger partial charge in [0.2, 0.25) is 5.91 Å². The van der Waals surface area contributed by atoms with Crippen LogP contribution in [0.3, 0.4) is 0 Å². The molecule has 6 nitrogen and oxygen atoms in total. The van der Waals surface area contributed by atoms with E-state index in [9.17, 15) is 13.2 Å². The lowest BCUT2D eigenvalue weighted by atomic mass is 9.94. The Morgan fingerprint density at radius 1 is 1.15 bits per heavy atom. The molecule has 2 aromatic rings. The number of rotatable bonds is 3. The van der Waals surface area contributed by atoms with Gasteiger partial charge >= 0.3 is 0 Å². The van der Waals surface area contributed by atoms with Gasteiger partial charge in [-0.3, -0.25) is 9.52 Å². The van der Waals surface area contributed by atoms with Crippen LogP contribution in [0, 0.1) is 5.41 Å². The van der Waals surface area contributed by atoms with E-state index in [-0.39, 0.29) is 33.1 Å². The summed E-state index contributed by atoms with van der Waals surface area (Å²) in [5.74, 6) is 0.205. The number of halogens is 2. The van der Waals surface area contributed by atoms with Gasteiger partial charge < -0.3 is 10.1 Å². The van der Waals surface area contributed by atoms with Crippen LogP contribution >= 0.6 is 23.2 Å². The molecule has 0 fully saturated rings. The summed E-state index contributed by atoms with van der Waals surface area (Å²) in [5.41, 5.74) is 0.0468. The smallest absolute Gasteiger partial charge is 0.263 e. The topological polar surface area (TPSA) is 84.5 Å². The molecule has 2 N–H and O–H groups in total. The maximum Gasteiger partial charge on any atom is 0.263 e. The van der Waals surface area contributed by atoms with E-state index < -0.39 is 15.4 Å². The summed E-state index contributed by atoms with van der Waals surface area (Å²) in [6.07, 6.45) is 0. The highest BCUT2D eigenvalue weighted by atomic mass is 35.5. The van der Waals surface area contributed by atoms with Crippen LogP contribution in [0.15, 0.2) is 41.3 Å². The van der Waals surface area contributed by atoms with E-state index in [2.05, 4.69) is 10.0 Å². The Balaban J connectivity index is 1.92. The molecule has 3 rings (SSSR count). The number of sulfonamides is 1. The quantitative estimate of drug-likeness (QED) is 0.789. The molecule has 0 spiro atoms. The van der Waals surface area contributed by atoms with E-state index in [1.807, 2.05) is 0 Å². The molecule has 26 heavy (non-hydrogen) atoms. The molecule has 0 aromatic heterocycles. The molecular weight excluding hydrogens is 399 g/mol. The third-order valence-corrected chi connectivity index (χ3v) is 5.97. The van der Waals surface area contributed by atoms with Gasteiger partial charge in [-0.2, -0.15) is 0 Å². The van der Waals surface area contributed by atoms with Crippen molar-refractivity contribution in [3.63, 3.8) is 0 Å². The van der Waals surface area contributed by atoms with Gasteiger partial charge in [-0.05, 0) is 44.2 Å². The number of benzene rings is 2. The monoisotopic (exact) mass is 414 g/mol. The van der Waals surface area contributed by atoms with Crippen LogP contribution in [0.1, 0.15) is 13.8 Å². The first-order valence-corrected chi connectivity index (χ1v) is 9.89. The van der Waals surface area contributed by atoms with Crippen molar-refractivity contribution in [2.75, 3.05) is 16.6 Å². The third kappa shape index (κ3) is 3.75. The Labute approximate surface area is 161 Å². The fourth-order valence-corrected chi connectivity index (χ4v) is 4.13. The highest BCUT2D eigenvalue weighted by molar-refractivity contribution is 7.92. The van der Waals surface area contributed by atoms with Gasteiger partial charge in [0, 0.05) is 11.1 Å². The van der Waals surface area contributed by atoms with E-state index in [0.717, 1.165) is 0 Å². The number of nitrogens with one attached hydrogen (secondary N) is 2. The molecule has 0 atom stereocenters. The lowest BCUT2D eigenvalue weighted by molar-refractivity contribution is -0.124. The Bertz CT molecular complexity index is 990. The van der Waals surface area contributed by atoms with Gasteiger partial charge in [-0.15, -0.1) is 0 Å². The average Bonchev–Trinajstić information content (AvgIpc) is 2.66. The van der Waals surface area contributed by atoms with Crippen LogP contribution in [0.4, 0.5) is 11.4 Å². The number of hydrogen-bond donors (Lipinski definition) is 2. The second-order valence-electron chi connectivity index (χ2n) is 6.52. The summed E-state index contributed by atoms with van der Waals surface area (Å²) in [6.45, 7) is 3.69. The summed E-state index contributed by atoms with van der Waals surface area (Å²) < 4.78 is 33.3. The van der Waals surface area contributed by atoms with Crippen LogP contribution < -0.4 is 14.8 Å². The lowest BCUT2D eigenvalue weighted by Gasteiger charge is -2.18. The summed E-state index contributed by atoms with van der Waals surface area (Å²) >= 11 is 11.8. The molecule has 1 amide bonds. The molecule has 0 saturated heterocycles. The number of carbonyl (C=O) groups is 1. The number of ether oxygens (including phenoxy) is 1. The summed E-state index contributed by atoms with van der Waals surface area (Å²) in [4.78, 5) is 12.0. The standard InChI is InChI=1S/C17H16Cl2N2O4S/c1-17(2)9-25-14-8-11(4-6-13(14)20-16(17)22)21-26(23,24)15-7-10(18)3-5-12(15)19/h3-8,21H,9H2,1-2H3,(H,20,22). The Morgan fingerprint density at radius 3 is 2.62 bits per heavy atom. The Hall–Kier alpha value is -1.96. The van der Waals surface area contributed by atoms with Crippen LogP contribution in [0.5, 0.6) is 5.75 Å². The molecule has 2 aromatic carbocycles. The SMILES string of the molecule is CC1(C)COc2cc(NS(=O)(=O)c3cc(Cl)ccc3Cl)ccc2NC1=O. The number of fused-ring (bicyclic) bond motifs is 1. The zero-order valence-corrected chi connectivity index (χ0v) is 16.3. The molecule has 0 radical (unpaired) electrons. The van der Waals surface area contributed by atoms with Gasteiger partial charge in [0.25, 0.3) is 10.0 Å². The normalized spacial score (nSPS) is 16.1. The minimum absolute atomic E-state index is 0.0573. The van der Waals surface area contributed by atoms with Crippen LogP contribution in [0.25, 0.3) is 0 Å². The van der Waals surface area contributed by atoms with Crippen molar-refractivity contribution in [1.82, 2.24) is 0 Å². The van der Waals surface area contributed by atoms with Gasteiger partial charge in [0.1, 0.15) is 17.3 Å². The van der Waals surface area contributed by atoms with E-state index in [1.165, 1.54) is 30.3 Å². The molecule has 138 valence electrons. The molecular formula is C17H16Cl2N2O4S. The zero-order chi connectivity index (χ0) is 19.1. The first kappa shape index (κ1) is 18.8. The number of amides is 1. The minimum atomic E-state index is -3.95. The highest BCUT2D eigenvalue weighted by Crippen LogP contribution is 2.35. The fourth-order valence-electron chi connectivity index (χ4n) is 2.32. The average molecular weight is 415 g/mol. The summed E-state index contributed by atoms with van der Waals surface area (Å²) in [5, 5.41) is 3.08. The number of carbonyl (C=O) groups excluding carboxylic acids is 1. The summed E-state index contributed by atoms with van der Waals surface area (Å²) in [7, 11) is -3.95. The van der Waals surface area contributed by atoms with Gasteiger partial charge in [0.15, 0.2) is 0 Å². The third-order valence-electron chi connectivity index (χ3n) is 3.87. The fraction of sp³-hybridized carbons (Fsp3) is 0.235. The van der Waals surface area contributed by atoms with Crippen LogP contribution in [-0.2, 0) is 14.8 Å². The van der Waals surface area contributed by atoms with E-state index in [4.69, 9.17) is 27.9 Å². The first-order valence-electron chi connectivity index (χ1n) is 7.65. The maximum absolute atomic E-state index is 12.6. The van der Waals surface area contributed by atoms with Crippen molar-refractivity contribution in [1.29, 1.82) is 0 Å². The maximum atomic E-state index is 12.6. The molecule has 0 unspecified atom stereocenters. The molecule has 0 bridgehead atoms. The van der Waals surface area contributed by atoms with Gasteiger partial charge in [0.05, 0.1) is 21.8 Å². The van der Waals surface area contributed by atoms with Crippen molar-refractivity contribution in [3.8, 4) is 5.75 Å². The molecule has 1 aliphatic heterocycles. The second-order valence-corrected chi connectivity index (χ2v) is 9.01. The zero-order valence-electron chi connectivity index (χ0n) is 14.0. The molecule has 9 heteroatoms. The molecule has 1 heterocycles.